The first-order chi connectivity index (χ1) is 9.23. The molecule has 0 aliphatic rings. The zero-order valence-electron chi connectivity index (χ0n) is 13.1. The second-order valence-electron chi connectivity index (χ2n) is 5.45. The third-order valence-corrected chi connectivity index (χ3v) is 5.89. The smallest absolute Gasteiger partial charge is 0.243 e. The minimum atomic E-state index is -3.46. The lowest BCUT2D eigenvalue weighted by Gasteiger charge is -2.25. The van der Waals surface area contributed by atoms with Gasteiger partial charge in [0.2, 0.25) is 10.0 Å². The standard InChI is InChI=1S/C15H26N2O2S/c1-6-11(3)10-17(7-2)20(18,19)15-12(4)8-14(16)9-13(15)5/h8-9,11H,6-7,10,16H2,1-5H3. The summed E-state index contributed by atoms with van der Waals surface area (Å²) in [7, 11) is -3.46. The van der Waals surface area contributed by atoms with Crippen LogP contribution >= 0.6 is 0 Å². The van der Waals surface area contributed by atoms with Crippen LogP contribution in [0.1, 0.15) is 38.3 Å². The Bertz CT molecular complexity index is 544. The summed E-state index contributed by atoms with van der Waals surface area (Å²) in [5.74, 6) is 0.346. The minimum Gasteiger partial charge on any atom is -0.399 e. The van der Waals surface area contributed by atoms with Gasteiger partial charge in [-0.1, -0.05) is 27.2 Å². The number of hydrogen-bond acceptors (Lipinski definition) is 3. The van der Waals surface area contributed by atoms with E-state index in [2.05, 4.69) is 13.8 Å². The molecule has 0 heterocycles. The highest BCUT2D eigenvalue weighted by Crippen LogP contribution is 2.26. The van der Waals surface area contributed by atoms with Gasteiger partial charge in [0.25, 0.3) is 0 Å². The number of sulfonamides is 1. The molecule has 4 nitrogen and oxygen atoms in total. The van der Waals surface area contributed by atoms with Crippen molar-refractivity contribution in [3.05, 3.63) is 23.3 Å². The van der Waals surface area contributed by atoms with Crippen LogP contribution in [0.4, 0.5) is 5.69 Å². The molecular weight excluding hydrogens is 272 g/mol. The highest BCUT2D eigenvalue weighted by Gasteiger charge is 2.27. The summed E-state index contributed by atoms with van der Waals surface area (Å²) in [6.45, 7) is 10.7. The molecule has 0 aliphatic carbocycles. The molecule has 1 atom stereocenters. The van der Waals surface area contributed by atoms with Gasteiger partial charge in [-0.05, 0) is 43.0 Å². The molecule has 1 aromatic carbocycles. The maximum atomic E-state index is 12.9. The number of nitrogens with two attached hydrogens (primary N) is 1. The van der Waals surface area contributed by atoms with Crippen LogP contribution in [0.15, 0.2) is 17.0 Å². The first-order valence-corrected chi connectivity index (χ1v) is 8.54. The molecule has 0 saturated carbocycles. The second-order valence-corrected chi connectivity index (χ2v) is 7.33. The van der Waals surface area contributed by atoms with Gasteiger partial charge < -0.3 is 5.73 Å². The molecule has 0 saturated heterocycles. The van der Waals surface area contributed by atoms with Crippen LogP contribution in [0.2, 0.25) is 0 Å². The number of hydrogen-bond donors (Lipinski definition) is 1. The van der Waals surface area contributed by atoms with Gasteiger partial charge in [-0.2, -0.15) is 4.31 Å². The van der Waals surface area contributed by atoms with Gasteiger partial charge in [0, 0.05) is 18.8 Å². The Morgan fingerprint density at radius 2 is 1.70 bits per heavy atom. The van der Waals surface area contributed by atoms with Crippen molar-refractivity contribution >= 4 is 15.7 Å². The minimum absolute atomic E-state index is 0.346. The predicted molar refractivity (Wildman–Crippen MR) is 84.2 cm³/mol. The molecule has 0 aromatic heterocycles. The lowest BCUT2D eigenvalue weighted by molar-refractivity contribution is 0.361. The number of benzene rings is 1. The van der Waals surface area contributed by atoms with E-state index in [4.69, 9.17) is 5.73 Å². The first-order valence-electron chi connectivity index (χ1n) is 7.10. The molecule has 0 radical (unpaired) electrons. The van der Waals surface area contributed by atoms with Crippen molar-refractivity contribution in [1.29, 1.82) is 0 Å². The number of anilines is 1. The molecular formula is C15H26N2O2S. The first kappa shape index (κ1) is 17.0. The molecule has 1 unspecified atom stereocenters. The quantitative estimate of drug-likeness (QED) is 0.821. The molecule has 0 amide bonds. The van der Waals surface area contributed by atoms with Crippen molar-refractivity contribution in [1.82, 2.24) is 4.31 Å². The normalized spacial score (nSPS) is 13.7. The van der Waals surface area contributed by atoms with Crippen LogP contribution in [-0.2, 0) is 10.0 Å². The molecule has 0 bridgehead atoms. The largest absolute Gasteiger partial charge is 0.399 e. The highest BCUT2D eigenvalue weighted by atomic mass is 32.2. The Hall–Kier alpha value is -1.07. The Morgan fingerprint density at radius 1 is 1.20 bits per heavy atom. The predicted octanol–water partition coefficient (Wildman–Crippen LogP) is 2.94. The topological polar surface area (TPSA) is 63.4 Å². The summed E-state index contributed by atoms with van der Waals surface area (Å²) in [5.41, 5.74) is 7.80. The summed E-state index contributed by atoms with van der Waals surface area (Å²) >= 11 is 0. The lowest BCUT2D eigenvalue weighted by atomic mass is 10.1. The van der Waals surface area contributed by atoms with Crippen LogP contribution in [-0.4, -0.2) is 25.8 Å². The van der Waals surface area contributed by atoms with E-state index in [0.29, 0.717) is 40.7 Å². The van der Waals surface area contributed by atoms with Crippen LogP contribution in [0.25, 0.3) is 0 Å². The van der Waals surface area contributed by atoms with Gasteiger partial charge in [-0.3, -0.25) is 0 Å². The average molecular weight is 298 g/mol. The van der Waals surface area contributed by atoms with E-state index in [1.54, 1.807) is 30.3 Å². The van der Waals surface area contributed by atoms with Crippen molar-refractivity contribution in [2.75, 3.05) is 18.8 Å². The second kappa shape index (κ2) is 6.59. The molecule has 114 valence electrons. The van der Waals surface area contributed by atoms with Gasteiger partial charge >= 0.3 is 0 Å². The monoisotopic (exact) mass is 298 g/mol. The zero-order chi connectivity index (χ0) is 15.5. The van der Waals surface area contributed by atoms with Gasteiger partial charge in [0.15, 0.2) is 0 Å². The Kier molecular flexibility index (Phi) is 5.59. The third-order valence-electron chi connectivity index (χ3n) is 3.65. The molecule has 0 fully saturated rings. The molecule has 0 aliphatic heterocycles. The van der Waals surface area contributed by atoms with Crippen molar-refractivity contribution in [3.63, 3.8) is 0 Å². The molecule has 0 spiro atoms. The SMILES string of the molecule is CCC(C)CN(CC)S(=O)(=O)c1c(C)cc(N)cc1C. The molecule has 5 heteroatoms. The maximum absolute atomic E-state index is 12.9. The number of rotatable bonds is 6. The van der Waals surface area contributed by atoms with E-state index in [0.717, 1.165) is 6.42 Å². The van der Waals surface area contributed by atoms with E-state index in [1.807, 2.05) is 6.92 Å². The lowest BCUT2D eigenvalue weighted by Crippen LogP contribution is -2.35. The zero-order valence-corrected chi connectivity index (χ0v) is 13.9. The van der Waals surface area contributed by atoms with Gasteiger partial charge in [-0.15, -0.1) is 0 Å². The van der Waals surface area contributed by atoms with Crippen molar-refractivity contribution in [2.45, 2.75) is 45.9 Å². The fourth-order valence-electron chi connectivity index (χ4n) is 2.39. The summed E-state index contributed by atoms with van der Waals surface area (Å²) in [4.78, 5) is 0.400. The Balaban J connectivity index is 3.28. The molecule has 20 heavy (non-hydrogen) atoms. The van der Waals surface area contributed by atoms with Gasteiger partial charge in [0.1, 0.15) is 0 Å². The van der Waals surface area contributed by atoms with Crippen molar-refractivity contribution in [2.24, 2.45) is 5.92 Å². The molecule has 1 aromatic rings. The van der Waals surface area contributed by atoms with E-state index in [-0.39, 0.29) is 0 Å². The molecule has 1 rings (SSSR count). The van der Waals surface area contributed by atoms with Crippen LogP contribution in [0, 0.1) is 19.8 Å². The molecule has 2 N–H and O–H groups in total. The van der Waals surface area contributed by atoms with E-state index >= 15 is 0 Å². The summed E-state index contributed by atoms with van der Waals surface area (Å²) < 4.78 is 27.3. The number of nitrogens with zero attached hydrogens (tertiary/aromatic N) is 1. The van der Waals surface area contributed by atoms with E-state index < -0.39 is 10.0 Å². The van der Waals surface area contributed by atoms with Crippen LogP contribution in [0.5, 0.6) is 0 Å². The van der Waals surface area contributed by atoms with Crippen LogP contribution < -0.4 is 5.73 Å². The fourth-order valence-corrected chi connectivity index (χ4v) is 4.37. The van der Waals surface area contributed by atoms with Crippen LogP contribution in [0.3, 0.4) is 0 Å². The maximum Gasteiger partial charge on any atom is 0.243 e. The summed E-state index contributed by atoms with van der Waals surface area (Å²) in [6.07, 6.45) is 0.964. The Morgan fingerprint density at radius 3 is 2.10 bits per heavy atom. The Labute approximate surface area is 123 Å². The third kappa shape index (κ3) is 3.52. The number of aryl methyl sites for hydroxylation is 2. The summed E-state index contributed by atoms with van der Waals surface area (Å²) in [5, 5.41) is 0. The van der Waals surface area contributed by atoms with Gasteiger partial charge in [0.05, 0.1) is 4.90 Å². The number of nitrogen functional groups attached to an aromatic ring is 1. The van der Waals surface area contributed by atoms with Crippen molar-refractivity contribution in [3.8, 4) is 0 Å². The van der Waals surface area contributed by atoms with Crippen molar-refractivity contribution < 1.29 is 8.42 Å². The fraction of sp³-hybridized carbons (Fsp3) is 0.600. The average Bonchev–Trinajstić information content (AvgIpc) is 2.33. The van der Waals surface area contributed by atoms with E-state index in [1.165, 1.54) is 0 Å². The highest BCUT2D eigenvalue weighted by molar-refractivity contribution is 7.89. The van der Waals surface area contributed by atoms with Gasteiger partial charge in [-0.25, -0.2) is 8.42 Å². The van der Waals surface area contributed by atoms with E-state index in [9.17, 15) is 8.42 Å². The summed E-state index contributed by atoms with van der Waals surface area (Å²) in [6, 6.07) is 3.44.